The number of halogens is 4. The number of rotatable bonds is 9. The van der Waals surface area contributed by atoms with E-state index in [-0.39, 0.29) is 0 Å². The minimum Gasteiger partial charge on any atom is -0.281 e. The maximum Gasteiger partial charge on any atom is 0.370 e. The van der Waals surface area contributed by atoms with Gasteiger partial charge in [-0.2, -0.15) is 34.4 Å². The van der Waals surface area contributed by atoms with Gasteiger partial charge in [0, 0.05) is 27.5 Å². The maximum absolute atomic E-state index is 13.6. The first-order chi connectivity index (χ1) is 29.2. The van der Waals surface area contributed by atoms with Crippen molar-refractivity contribution < 1.29 is 43.5 Å². The number of hydrogen-bond acceptors (Lipinski definition) is 6. The van der Waals surface area contributed by atoms with Crippen LogP contribution in [0.15, 0.2) is 99.6 Å². The Bertz CT molecular complexity index is 1950. The Morgan fingerprint density at radius 2 is 0.855 bits per heavy atom. The highest BCUT2D eigenvalue weighted by molar-refractivity contribution is 7.99. The molecule has 8 bridgehead atoms. The summed E-state index contributed by atoms with van der Waals surface area (Å²) in [7, 11) is -10.6. The molecule has 12 rings (SSSR count). The Hall–Kier alpha value is -2.10. The van der Waals surface area contributed by atoms with Gasteiger partial charge >= 0.3 is 30.7 Å². The number of benzene rings is 3. The molecule has 9 aliphatic carbocycles. The van der Waals surface area contributed by atoms with Gasteiger partial charge in [0.15, 0.2) is 0 Å². The van der Waals surface area contributed by atoms with Crippen molar-refractivity contribution in [1.29, 1.82) is 0 Å². The molecule has 0 amide bonds. The van der Waals surface area contributed by atoms with E-state index >= 15 is 0 Å². The number of alkyl halides is 4. The van der Waals surface area contributed by atoms with E-state index in [0.29, 0.717) is 74.0 Å². The molecule has 14 heteroatoms. The average Bonchev–Trinajstić information content (AvgIpc) is 3.17. The van der Waals surface area contributed by atoms with E-state index in [9.17, 15) is 34.4 Å². The lowest BCUT2D eigenvalue weighted by Gasteiger charge is -2.57. The summed E-state index contributed by atoms with van der Waals surface area (Å²) in [6.07, 6.45) is 16.6. The molecule has 0 radical (unpaired) electrons. The largest absolute Gasteiger partial charge is 0.370 e. The summed E-state index contributed by atoms with van der Waals surface area (Å²) in [5, 5.41) is -7.97. The summed E-state index contributed by atoms with van der Waals surface area (Å²) in [4.78, 5) is 3.64. The molecule has 2 N–H and O–H groups in total. The smallest absolute Gasteiger partial charge is 0.281 e. The zero-order valence-electron chi connectivity index (χ0n) is 35.3. The van der Waals surface area contributed by atoms with Gasteiger partial charge in [-0.3, -0.25) is 9.11 Å². The van der Waals surface area contributed by atoms with E-state index in [1.807, 2.05) is 12.1 Å². The molecule has 3 aromatic rings. The highest BCUT2D eigenvalue weighted by Gasteiger charge is 2.59. The van der Waals surface area contributed by atoms with Crippen LogP contribution in [0.25, 0.3) is 0 Å². The third-order valence-corrected chi connectivity index (χ3v) is 18.1. The quantitative estimate of drug-likeness (QED) is 0.111. The highest BCUT2D eigenvalue weighted by atomic mass is 32.2. The second-order valence-electron chi connectivity index (χ2n) is 20.1. The minimum absolute atomic E-state index is 0.494. The van der Waals surface area contributed by atoms with Gasteiger partial charge in [-0.1, -0.05) is 79.6 Å². The summed E-state index contributed by atoms with van der Waals surface area (Å²) >= 11 is 6.08. The van der Waals surface area contributed by atoms with Crippen molar-refractivity contribution in [3.63, 3.8) is 0 Å². The maximum atomic E-state index is 13.6. The van der Waals surface area contributed by atoms with Gasteiger partial charge in [0.1, 0.15) is 0 Å². The van der Waals surface area contributed by atoms with Gasteiger partial charge in [-0.15, -0.1) is 12.6 Å². The Balaban J connectivity index is 0.000000126. The third kappa shape index (κ3) is 12.2. The van der Waals surface area contributed by atoms with Crippen LogP contribution in [0.2, 0.25) is 0 Å². The zero-order valence-corrected chi connectivity index (χ0v) is 38.6. The second-order valence-corrected chi connectivity index (χ2v) is 24.8. The van der Waals surface area contributed by atoms with E-state index in [1.165, 1.54) is 47.5 Å². The molecule has 342 valence electrons. The standard InChI is InChI=1S/2C12H18F2O3S.C12H10S.C12H16S/c2*13-12(14,18(15,16)17)7-11-4-8-1-9(5-11)3-10(2-8)6-11;1-3-7-11(8-4-1)13-12-9-5-2-6-10-12;13-12-8-6-11(7-9-12)10-4-2-1-3-5-10/h2*8-10H,1-7H2,(H,15,16,17);1-10H;6-10,13H,1-5H2. The SMILES string of the molecule is O=S(=O)(O)C(F)(F)CC12CC3CC(CC(C3)C1)C2.O=S(=O)(O)C(F)(F)CC12CC3CC(CC(C3)C1)C2.Sc1ccc(C2CCCCC2)cc1.c1ccc(Sc2ccccc2)cc1. The normalized spacial score (nSPS) is 31.2. The van der Waals surface area contributed by atoms with Crippen molar-refractivity contribution in [2.75, 3.05) is 0 Å². The van der Waals surface area contributed by atoms with Crippen molar-refractivity contribution in [3.8, 4) is 0 Å². The van der Waals surface area contributed by atoms with Crippen LogP contribution in [0, 0.1) is 46.3 Å². The first-order valence-electron chi connectivity index (χ1n) is 22.5. The van der Waals surface area contributed by atoms with Gasteiger partial charge in [-0.25, -0.2) is 0 Å². The molecule has 0 unspecified atom stereocenters. The fourth-order valence-corrected chi connectivity index (χ4v) is 15.3. The third-order valence-electron chi connectivity index (χ3n) is 14.9. The van der Waals surface area contributed by atoms with Crippen molar-refractivity contribution in [2.45, 2.75) is 153 Å². The Kier molecular flexibility index (Phi) is 15.0. The Labute approximate surface area is 376 Å². The predicted octanol–water partition coefficient (Wildman–Crippen LogP) is 14.0. The number of thiol groups is 1. The van der Waals surface area contributed by atoms with Crippen molar-refractivity contribution in [3.05, 3.63) is 90.5 Å². The molecule has 9 saturated carbocycles. The van der Waals surface area contributed by atoms with Crippen LogP contribution in [0.4, 0.5) is 17.6 Å². The summed E-state index contributed by atoms with van der Waals surface area (Å²) in [6.45, 7) is 0. The van der Waals surface area contributed by atoms with E-state index in [0.717, 1.165) is 49.3 Å². The van der Waals surface area contributed by atoms with Gasteiger partial charge in [-0.05, 0) is 184 Å². The monoisotopic (exact) mass is 938 g/mol. The van der Waals surface area contributed by atoms with Crippen molar-refractivity contribution in [2.24, 2.45) is 46.3 Å². The fourth-order valence-electron chi connectivity index (χ4n) is 13.4. The van der Waals surface area contributed by atoms with Crippen LogP contribution in [0.1, 0.15) is 133 Å². The van der Waals surface area contributed by atoms with E-state index in [4.69, 9.17) is 9.11 Å². The van der Waals surface area contributed by atoms with Crippen LogP contribution in [0.3, 0.4) is 0 Å². The molecule has 0 heterocycles. The van der Waals surface area contributed by atoms with Gasteiger partial charge in [0.05, 0.1) is 0 Å². The topological polar surface area (TPSA) is 109 Å². The fraction of sp³-hybridized carbons (Fsp3) is 0.625. The van der Waals surface area contributed by atoms with Gasteiger partial charge < -0.3 is 0 Å². The molecule has 0 saturated heterocycles. The molecule has 9 fully saturated rings. The molecule has 0 atom stereocenters. The van der Waals surface area contributed by atoms with Crippen LogP contribution in [-0.4, -0.2) is 36.5 Å². The predicted molar refractivity (Wildman–Crippen MR) is 240 cm³/mol. The summed E-state index contributed by atoms with van der Waals surface area (Å²) in [5.41, 5.74) is 0.416. The van der Waals surface area contributed by atoms with E-state index in [2.05, 4.69) is 85.4 Å². The zero-order chi connectivity index (χ0) is 44.4. The van der Waals surface area contributed by atoms with Crippen LogP contribution >= 0.6 is 24.4 Å². The van der Waals surface area contributed by atoms with Crippen LogP contribution in [-0.2, 0) is 20.2 Å². The highest BCUT2D eigenvalue weighted by Crippen LogP contribution is 2.64. The molecule has 62 heavy (non-hydrogen) atoms. The van der Waals surface area contributed by atoms with Crippen LogP contribution in [0.5, 0.6) is 0 Å². The van der Waals surface area contributed by atoms with E-state index < -0.39 is 54.4 Å². The van der Waals surface area contributed by atoms with Crippen molar-refractivity contribution in [1.82, 2.24) is 0 Å². The summed E-state index contributed by atoms with van der Waals surface area (Å²) in [6, 6.07) is 29.5. The second kappa shape index (κ2) is 19.4. The first-order valence-corrected chi connectivity index (χ1v) is 26.6. The molecule has 9 aliphatic rings. The molecular formula is C48H62F4O6S4. The summed E-state index contributed by atoms with van der Waals surface area (Å²) < 4.78 is 115. The lowest BCUT2D eigenvalue weighted by Crippen LogP contribution is -2.49. The molecule has 0 aromatic heterocycles. The lowest BCUT2D eigenvalue weighted by atomic mass is 9.49. The lowest BCUT2D eigenvalue weighted by molar-refractivity contribution is -0.0936. The van der Waals surface area contributed by atoms with Gasteiger partial charge in [0.2, 0.25) is 0 Å². The molecule has 3 aromatic carbocycles. The van der Waals surface area contributed by atoms with Crippen molar-refractivity contribution >= 4 is 44.6 Å². The number of hydrogen-bond donors (Lipinski definition) is 3. The Morgan fingerprint density at radius 1 is 0.532 bits per heavy atom. The Morgan fingerprint density at radius 3 is 1.16 bits per heavy atom. The summed E-state index contributed by atoms with van der Waals surface area (Å²) in [5.74, 6) is 3.79. The molecule has 0 spiro atoms. The minimum atomic E-state index is -5.28. The molecular weight excluding hydrogens is 877 g/mol. The van der Waals surface area contributed by atoms with E-state index in [1.54, 1.807) is 11.8 Å². The average molecular weight is 939 g/mol. The first kappa shape index (κ1) is 47.9. The molecule has 6 nitrogen and oxygen atoms in total. The van der Waals surface area contributed by atoms with Gasteiger partial charge in [0.25, 0.3) is 0 Å². The molecule has 0 aliphatic heterocycles. The van der Waals surface area contributed by atoms with Crippen LogP contribution < -0.4 is 0 Å².